The van der Waals surface area contributed by atoms with Crippen LogP contribution in [0.25, 0.3) is 5.57 Å². The van der Waals surface area contributed by atoms with E-state index in [1.807, 2.05) is 0 Å². The van der Waals surface area contributed by atoms with Crippen molar-refractivity contribution in [2.45, 2.75) is 43.5 Å². The van der Waals surface area contributed by atoms with Crippen molar-refractivity contribution in [1.82, 2.24) is 0 Å². The molecule has 1 aromatic rings. The highest BCUT2D eigenvalue weighted by molar-refractivity contribution is 7.89. The zero-order valence-corrected chi connectivity index (χ0v) is 16.0. The summed E-state index contributed by atoms with van der Waals surface area (Å²) in [5.41, 5.74) is 5.36. The zero-order valence-electron chi connectivity index (χ0n) is 15.2. The Morgan fingerprint density at radius 3 is 2.37 bits per heavy atom. The summed E-state index contributed by atoms with van der Waals surface area (Å²) in [6, 6.07) is 6.77. The Labute approximate surface area is 158 Å². The van der Waals surface area contributed by atoms with Gasteiger partial charge in [0.15, 0.2) is 5.83 Å². The maximum atomic E-state index is 15.1. The fraction of sp³-hybridized carbons (Fsp3) is 0.444. The van der Waals surface area contributed by atoms with Gasteiger partial charge in [0.1, 0.15) is 5.54 Å². The van der Waals surface area contributed by atoms with Gasteiger partial charge in [-0.1, -0.05) is 49.4 Å². The number of nitrogens with zero attached hydrogens (tertiary/aromatic N) is 1. The molecule has 4 atom stereocenters. The number of allylic oxidation sites excluding steroid dienone is 2. The fourth-order valence-electron chi connectivity index (χ4n) is 3.22. The first-order valence-electron chi connectivity index (χ1n) is 8.56. The van der Waals surface area contributed by atoms with E-state index in [-0.39, 0.29) is 18.4 Å². The Morgan fingerprint density at radius 2 is 1.85 bits per heavy atom. The molecule has 7 nitrogen and oxygen atoms in total. The molecule has 0 spiro atoms. The highest BCUT2D eigenvalue weighted by Crippen LogP contribution is 2.39. The first kappa shape index (κ1) is 21.2. The van der Waals surface area contributed by atoms with Gasteiger partial charge in [-0.25, -0.2) is 17.9 Å². The maximum Gasteiger partial charge on any atom is 0.285 e. The second-order valence-corrected chi connectivity index (χ2v) is 9.01. The number of primary sulfonamides is 1. The molecule has 0 saturated carbocycles. The third-order valence-corrected chi connectivity index (χ3v) is 6.58. The Balaban J connectivity index is 2.33. The molecule has 0 fully saturated rings. The molecular formula is C18H24FN3O4S. The summed E-state index contributed by atoms with van der Waals surface area (Å²) < 4.78 is 37.8. The molecule has 9 heteroatoms. The fourth-order valence-corrected chi connectivity index (χ4v) is 3.69. The van der Waals surface area contributed by atoms with Crippen LogP contribution < -0.4 is 10.9 Å². The van der Waals surface area contributed by atoms with Crippen LogP contribution in [-0.2, 0) is 10.0 Å². The van der Waals surface area contributed by atoms with Crippen molar-refractivity contribution in [3.8, 4) is 0 Å². The summed E-state index contributed by atoms with van der Waals surface area (Å²) in [6.07, 6.45) is 3.34. The molecule has 0 heterocycles. The normalized spacial score (nSPS) is 25.3. The van der Waals surface area contributed by atoms with Crippen molar-refractivity contribution in [2.24, 2.45) is 16.8 Å². The van der Waals surface area contributed by atoms with Gasteiger partial charge in [0.05, 0.1) is 5.25 Å². The molecule has 0 aliphatic heterocycles. The van der Waals surface area contributed by atoms with Crippen molar-refractivity contribution >= 4 is 15.6 Å². The van der Waals surface area contributed by atoms with Crippen LogP contribution in [-0.4, -0.2) is 30.2 Å². The number of halogens is 1. The minimum Gasteiger partial charge on any atom is -0.316 e. The third-order valence-electron chi connectivity index (χ3n) is 5.23. The molecule has 0 aromatic heterocycles. The number of hydrogen-bond acceptors (Lipinski definition) is 5. The first-order chi connectivity index (χ1) is 12.5. The summed E-state index contributed by atoms with van der Waals surface area (Å²) in [4.78, 5) is 10.9. The molecule has 0 radical (unpaired) electrons. The minimum absolute atomic E-state index is 0.128. The monoisotopic (exact) mass is 397 g/mol. The molecule has 0 amide bonds. The van der Waals surface area contributed by atoms with Gasteiger partial charge in [0, 0.05) is 10.5 Å². The van der Waals surface area contributed by atoms with Crippen LogP contribution in [0.4, 0.5) is 4.39 Å². The van der Waals surface area contributed by atoms with E-state index in [0.29, 0.717) is 5.56 Å². The number of nitrogens with two attached hydrogens (primary N) is 2. The van der Waals surface area contributed by atoms with Gasteiger partial charge in [-0.3, -0.25) is 10.1 Å². The van der Waals surface area contributed by atoms with Crippen molar-refractivity contribution in [3.63, 3.8) is 0 Å². The van der Waals surface area contributed by atoms with Crippen LogP contribution in [0.1, 0.15) is 32.3 Å². The molecule has 0 bridgehead atoms. The second-order valence-electron chi connectivity index (χ2n) is 7.03. The molecule has 27 heavy (non-hydrogen) atoms. The van der Waals surface area contributed by atoms with Crippen molar-refractivity contribution < 1.29 is 17.7 Å². The first-order valence-corrected chi connectivity index (χ1v) is 10.2. The predicted octanol–water partition coefficient (Wildman–Crippen LogP) is 2.37. The molecule has 1 aromatic carbocycles. The van der Waals surface area contributed by atoms with Crippen molar-refractivity contribution in [2.75, 3.05) is 0 Å². The van der Waals surface area contributed by atoms with Crippen molar-refractivity contribution in [3.05, 3.63) is 64.0 Å². The van der Waals surface area contributed by atoms with Gasteiger partial charge in [0.2, 0.25) is 10.0 Å². The van der Waals surface area contributed by atoms with Crippen LogP contribution in [0.2, 0.25) is 0 Å². The lowest BCUT2D eigenvalue weighted by atomic mass is 9.73. The van der Waals surface area contributed by atoms with E-state index in [9.17, 15) is 18.5 Å². The molecule has 1 aliphatic rings. The SMILES string of the molecule is CC(CCC(C)S(N)(=O)=O)C1(N)C=CC(c2ccccc2)=C(F)C1[N+](=O)[O-]. The largest absolute Gasteiger partial charge is 0.316 e. The third kappa shape index (κ3) is 4.42. The van der Waals surface area contributed by atoms with Crippen LogP contribution >= 0.6 is 0 Å². The molecule has 4 N–H and O–H groups in total. The second kappa shape index (κ2) is 7.87. The summed E-state index contributed by atoms with van der Waals surface area (Å²) >= 11 is 0. The molecule has 2 rings (SSSR count). The van der Waals surface area contributed by atoms with E-state index < -0.39 is 43.5 Å². The standard InChI is InChI=1S/C18H24FN3O4S/c1-12(8-9-13(2)27(21,25)26)18(20)11-10-15(14-6-4-3-5-7-14)16(19)17(18)22(23)24/h3-7,10-13,17H,8-9,20H2,1-2H3,(H2,21,25,26). The lowest BCUT2D eigenvalue weighted by Crippen LogP contribution is -2.58. The summed E-state index contributed by atoms with van der Waals surface area (Å²) in [5, 5.41) is 16.0. The Morgan fingerprint density at radius 1 is 1.26 bits per heavy atom. The molecule has 4 unspecified atom stereocenters. The highest BCUT2D eigenvalue weighted by Gasteiger charge is 2.51. The number of hydrogen-bond donors (Lipinski definition) is 2. The smallest absolute Gasteiger partial charge is 0.285 e. The van der Waals surface area contributed by atoms with Gasteiger partial charge >= 0.3 is 0 Å². The average molecular weight is 397 g/mol. The maximum absolute atomic E-state index is 15.1. The van der Waals surface area contributed by atoms with Crippen LogP contribution in [0.3, 0.4) is 0 Å². The Bertz CT molecular complexity index is 870. The lowest BCUT2D eigenvalue weighted by Gasteiger charge is -2.37. The average Bonchev–Trinajstić information content (AvgIpc) is 2.59. The number of sulfonamides is 1. The van der Waals surface area contributed by atoms with E-state index in [4.69, 9.17) is 10.9 Å². The van der Waals surface area contributed by atoms with Gasteiger partial charge in [-0.15, -0.1) is 0 Å². The Hall–Kier alpha value is -2.10. The van der Waals surface area contributed by atoms with Crippen LogP contribution in [0.5, 0.6) is 0 Å². The summed E-state index contributed by atoms with van der Waals surface area (Å²) in [7, 11) is -3.71. The summed E-state index contributed by atoms with van der Waals surface area (Å²) in [6.45, 7) is 3.11. The Kier molecular flexibility index (Phi) is 6.18. The topological polar surface area (TPSA) is 129 Å². The van der Waals surface area contributed by atoms with Crippen LogP contribution in [0.15, 0.2) is 48.3 Å². The van der Waals surface area contributed by atoms with E-state index in [2.05, 4.69) is 0 Å². The van der Waals surface area contributed by atoms with E-state index in [1.165, 1.54) is 19.1 Å². The summed E-state index contributed by atoms with van der Waals surface area (Å²) in [5.74, 6) is -1.45. The van der Waals surface area contributed by atoms with E-state index in [0.717, 1.165) is 0 Å². The van der Waals surface area contributed by atoms with Crippen LogP contribution in [0, 0.1) is 16.0 Å². The zero-order chi connectivity index (χ0) is 20.4. The van der Waals surface area contributed by atoms with Gasteiger partial charge < -0.3 is 5.73 Å². The van der Waals surface area contributed by atoms with E-state index in [1.54, 1.807) is 37.3 Å². The molecular weight excluding hydrogens is 373 g/mol. The van der Waals surface area contributed by atoms with Gasteiger partial charge in [-0.2, -0.15) is 0 Å². The number of rotatable bonds is 7. The molecule has 148 valence electrons. The predicted molar refractivity (Wildman–Crippen MR) is 102 cm³/mol. The number of benzene rings is 1. The molecule has 0 saturated heterocycles. The number of nitro groups is 1. The van der Waals surface area contributed by atoms with Crippen molar-refractivity contribution in [1.29, 1.82) is 0 Å². The van der Waals surface area contributed by atoms with Gasteiger partial charge in [0.25, 0.3) is 6.04 Å². The molecule has 1 aliphatic carbocycles. The lowest BCUT2D eigenvalue weighted by molar-refractivity contribution is -0.525. The van der Waals surface area contributed by atoms with E-state index >= 15 is 4.39 Å². The highest BCUT2D eigenvalue weighted by atomic mass is 32.2. The van der Waals surface area contributed by atoms with Gasteiger partial charge in [-0.05, 0) is 31.2 Å². The quantitative estimate of drug-likeness (QED) is 0.539. The minimum atomic E-state index is -3.71.